The van der Waals surface area contributed by atoms with E-state index >= 15 is 0 Å². The Hall–Kier alpha value is -2.33. The average molecular weight is 341 g/mol. The SMILES string of the molecule is CC[C@](OC)(C(=O)NC)c1ccccc1COc1cc(C)ccc1C. The van der Waals surface area contributed by atoms with E-state index in [4.69, 9.17) is 9.47 Å². The maximum Gasteiger partial charge on any atom is 0.256 e. The summed E-state index contributed by atoms with van der Waals surface area (Å²) in [5, 5.41) is 2.72. The first-order chi connectivity index (χ1) is 12.0. The van der Waals surface area contributed by atoms with Crippen LogP contribution in [0.2, 0.25) is 0 Å². The Labute approximate surface area is 150 Å². The van der Waals surface area contributed by atoms with Crippen molar-refractivity contribution in [2.75, 3.05) is 14.2 Å². The third-order valence-electron chi connectivity index (χ3n) is 4.62. The molecule has 0 saturated heterocycles. The quantitative estimate of drug-likeness (QED) is 0.831. The molecule has 0 aliphatic carbocycles. The molecule has 0 radical (unpaired) electrons. The van der Waals surface area contributed by atoms with E-state index in [0.29, 0.717) is 13.0 Å². The van der Waals surface area contributed by atoms with Crippen molar-refractivity contribution in [3.05, 3.63) is 64.7 Å². The van der Waals surface area contributed by atoms with E-state index in [2.05, 4.69) is 11.4 Å². The maximum atomic E-state index is 12.5. The van der Waals surface area contributed by atoms with Gasteiger partial charge in [0.05, 0.1) is 0 Å². The van der Waals surface area contributed by atoms with Crippen LogP contribution in [-0.2, 0) is 21.7 Å². The van der Waals surface area contributed by atoms with Crippen molar-refractivity contribution in [2.45, 2.75) is 39.4 Å². The highest BCUT2D eigenvalue weighted by Crippen LogP contribution is 2.33. The molecule has 2 rings (SSSR count). The molecule has 4 nitrogen and oxygen atoms in total. The molecule has 2 aromatic carbocycles. The molecular formula is C21H27NO3. The Morgan fingerprint density at radius 1 is 1.16 bits per heavy atom. The molecule has 0 bridgehead atoms. The van der Waals surface area contributed by atoms with Crippen molar-refractivity contribution in [1.82, 2.24) is 5.32 Å². The largest absolute Gasteiger partial charge is 0.489 e. The second-order valence-corrected chi connectivity index (χ2v) is 6.18. The van der Waals surface area contributed by atoms with Gasteiger partial charge in [0.15, 0.2) is 5.60 Å². The van der Waals surface area contributed by atoms with Gasteiger partial charge in [0.1, 0.15) is 12.4 Å². The van der Waals surface area contributed by atoms with Crippen LogP contribution in [0.15, 0.2) is 42.5 Å². The van der Waals surface area contributed by atoms with Crippen molar-refractivity contribution in [3.63, 3.8) is 0 Å². The topological polar surface area (TPSA) is 47.6 Å². The second-order valence-electron chi connectivity index (χ2n) is 6.18. The molecule has 1 atom stereocenters. The monoisotopic (exact) mass is 341 g/mol. The van der Waals surface area contributed by atoms with Crippen LogP contribution < -0.4 is 10.1 Å². The van der Waals surface area contributed by atoms with E-state index in [1.165, 1.54) is 0 Å². The standard InChI is InChI=1S/C21H27NO3/c1-6-21(24-5,20(23)22-4)18-10-8-7-9-17(18)14-25-19-13-15(2)11-12-16(19)3/h7-13H,6,14H2,1-5H3,(H,22,23)/t21-/m1/s1. The van der Waals surface area contributed by atoms with E-state index in [0.717, 1.165) is 28.0 Å². The summed E-state index contributed by atoms with van der Waals surface area (Å²) in [5.41, 5.74) is 3.00. The molecule has 0 fully saturated rings. The molecule has 0 saturated carbocycles. The highest BCUT2D eigenvalue weighted by molar-refractivity contribution is 5.86. The number of rotatable bonds is 7. The number of benzene rings is 2. The van der Waals surface area contributed by atoms with Gasteiger partial charge < -0.3 is 14.8 Å². The number of carbonyl (C=O) groups excluding carboxylic acids is 1. The number of likely N-dealkylation sites (N-methyl/N-ethyl adjacent to an activating group) is 1. The summed E-state index contributed by atoms with van der Waals surface area (Å²) >= 11 is 0. The molecule has 1 N–H and O–H groups in total. The van der Waals surface area contributed by atoms with Crippen LogP contribution in [0.25, 0.3) is 0 Å². The van der Waals surface area contributed by atoms with Crippen LogP contribution in [0, 0.1) is 13.8 Å². The Balaban J connectivity index is 2.37. The third kappa shape index (κ3) is 3.85. The summed E-state index contributed by atoms with van der Waals surface area (Å²) < 4.78 is 11.7. The Morgan fingerprint density at radius 2 is 1.88 bits per heavy atom. The fraction of sp³-hybridized carbons (Fsp3) is 0.381. The van der Waals surface area contributed by atoms with Crippen LogP contribution in [0.3, 0.4) is 0 Å². The first-order valence-corrected chi connectivity index (χ1v) is 8.54. The summed E-state index contributed by atoms with van der Waals surface area (Å²) in [5.74, 6) is 0.700. The highest BCUT2D eigenvalue weighted by Gasteiger charge is 2.39. The number of hydrogen-bond acceptors (Lipinski definition) is 3. The fourth-order valence-electron chi connectivity index (χ4n) is 3.08. The zero-order chi connectivity index (χ0) is 18.4. The molecule has 25 heavy (non-hydrogen) atoms. The lowest BCUT2D eigenvalue weighted by Gasteiger charge is -2.31. The summed E-state index contributed by atoms with van der Waals surface area (Å²) in [6.07, 6.45) is 0.531. The molecule has 0 aliphatic rings. The van der Waals surface area contributed by atoms with Gasteiger partial charge in [0, 0.05) is 14.2 Å². The van der Waals surface area contributed by atoms with Crippen molar-refractivity contribution in [1.29, 1.82) is 0 Å². The maximum absolute atomic E-state index is 12.5. The molecule has 2 aromatic rings. The van der Waals surface area contributed by atoms with Gasteiger partial charge >= 0.3 is 0 Å². The van der Waals surface area contributed by atoms with Gasteiger partial charge in [-0.1, -0.05) is 43.3 Å². The van der Waals surface area contributed by atoms with E-state index in [1.54, 1.807) is 14.2 Å². The van der Waals surface area contributed by atoms with Gasteiger partial charge in [0.2, 0.25) is 0 Å². The lowest BCUT2D eigenvalue weighted by Crippen LogP contribution is -2.44. The number of ether oxygens (including phenoxy) is 2. The summed E-state index contributed by atoms with van der Waals surface area (Å²) in [6.45, 7) is 6.39. The molecule has 134 valence electrons. The van der Waals surface area contributed by atoms with Gasteiger partial charge in [0.25, 0.3) is 5.91 Å². The molecule has 0 aromatic heterocycles. The summed E-state index contributed by atoms with van der Waals surface area (Å²) in [6, 6.07) is 13.9. The van der Waals surface area contributed by atoms with Crippen molar-refractivity contribution >= 4 is 5.91 Å². The zero-order valence-electron chi connectivity index (χ0n) is 15.7. The predicted octanol–water partition coefficient (Wildman–Crippen LogP) is 3.88. The van der Waals surface area contributed by atoms with Gasteiger partial charge in [-0.3, -0.25) is 4.79 Å². The molecule has 4 heteroatoms. The fourth-order valence-corrected chi connectivity index (χ4v) is 3.08. The normalized spacial score (nSPS) is 13.2. The van der Waals surface area contributed by atoms with Gasteiger partial charge in [-0.25, -0.2) is 0 Å². The Kier molecular flexibility index (Phi) is 6.21. The number of methoxy groups -OCH3 is 1. The lowest BCUT2D eigenvalue weighted by molar-refractivity contribution is -0.145. The minimum Gasteiger partial charge on any atom is -0.489 e. The van der Waals surface area contributed by atoms with Gasteiger partial charge in [-0.05, 0) is 48.6 Å². The second kappa shape index (κ2) is 8.17. The molecule has 0 spiro atoms. The minimum absolute atomic E-state index is 0.156. The highest BCUT2D eigenvalue weighted by atomic mass is 16.5. The summed E-state index contributed by atoms with van der Waals surface area (Å²) in [4.78, 5) is 12.5. The predicted molar refractivity (Wildman–Crippen MR) is 99.7 cm³/mol. The smallest absolute Gasteiger partial charge is 0.256 e. The van der Waals surface area contributed by atoms with Gasteiger partial charge in [-0.15, -0.1) is 0 Å². The summed E-state index contributed by atoms with van der Waals surface area (Å²) in [7, 11) is 3.20. The van der Waals surface area contributed by atoms with Gasteiger partial charge in [-0.2, -0.15) is 0 Å². The molecule has 0 heterocycles. The molecule has 0 aliphatic heterocycles. The van der Waals surface area contributed by atoms with E-state index in [1.807, 2.05) is 57.2 Å². The Bertz CT molecular complexity index is 736. The van der Waals surface area contributed by atoms with Crippen LogP contribution >= 0.6 is 0 Å². The average Bonchev–Trinajstić information content (AvgIpc) is 2.64. The molecule has 0 unspecified atom stereocenters. The van der Waals surface area contributed by atoms with Crippen molar-refractivity contribution in [2.24, 2.45) is 0 Å². The van der Waals surface area contributed by atoms with E-state index < -0.39 is 5.60 Å². The van der Waals surface area contributed by atoms with Crippen molar-refractivity contribution < 1.29 is 14.3 Å². The molecular weight excluding hydrogens is 314 g/mol. The number of amides is 1. The Morgan fingerprint density at radius 3 is 2.52 bits per heavy atom. The number of aryl methyl sites for hydroxylation is 2. The molecule has 1 amide bonds. The van der Waals surface area contributed by atoms with Crippen LogP contribution in [0.5, 0.6) is 5.75 Å². The van der Waals surface area contributed by atoms with Crippen LogP contribution in [-0.4, -0.2) is 20.1 Å². The van der Waals surface area contributed by atoms with E-state index in [-0.39, 0.29) is 5.91 Å². The minimum atomic E-state index is -1.02. The van der Waals surface area contributed by atoms with E-state index in [9.17, 15) is 4.79 Å². The van der Waals surface area contributed by atoms with Crippen LogP contribution in [0.1, 0.15) is 35.6 Å². The third-order valence-corrected chi connectivity index (χ3v) is 4.62. The first kappa shape index (κ1) is 19.0. The number of hydrogen-bond donors (Lipinski definition) is 1. The first-order valence-electron chi connectivity index (χ1n) is 8.54. The lowest BCUT2D eigenvalue weighted by atomic mass is 9.86. The van der Waals surface area contributed by atoms with Crippen LogP contribution in [0.4, 0.5) is 0 Å². The van der Waals surface area contributed by atoms with Crippen molar-refractivity contribution in [3.8, 4) is 5.75 Å². The zero-order valence-corrected chi connectivity index (χ0v) is 15.7. The number of carbonyl (C=O) groups is 1. The number of nitrogens with one attached hydrogen (secondary N) is 1.